The van der Waals surface area contributed by atoms with Gasteiger partial charge >= 0.3 is 0 Å². The molecule has 0 amide bonds. The van der Waals surface area contributed by atoms with Gasteiger partial charge in [0.05, 0.1) is 6.33 Å². The zero-order chi connectivity index (χ0) is 8.23. The third-order valence-electron chi connectivity index (χ3n) is 1.33. The second-order valence-corrected chi connectivity index (χ2v) is 2.18. The third-order valence-corrected chi connectivity index (χ3v) is 1.33. The molecule has 0 atom stereocenters. The molecule has 0 aromatic carbocycles. The van der Waals surface area contributed by atoms with Crippen molar-refractivity contribution >= 4 is 6.34 Å². The number of hydrogen-bond donors (Lipinski definition) is 0. The minimum absolute atomic E-state index is 1.61. The lowest BCUT2D eigenvalue weighted by Crippen LogP contribution is -1.93. The second-order valence-electron chi connectivity index (χ2n) is 2.18. The van der Waals surface area contributed by atoms with E-state index in [-0.39, 0.29) is 0 Å². The number of imidazole rings is 2. The van der Waals surface area contributed by atoms with Crippen molar-refractivity contribution in [1.82, 2.24) is 19.2 Å². The summed E-state index contributed by atoms with van der Waals surface area (Å²) >= 11 is 0. The summed E-state index contributed by atoms with van der Waals surface area (Å²) in [5, 5.41) is 4.06. The van der Waals surface area contributed by atoms with Crippen LogP contribution < -0.4 is 0 Å². The summed E-state index contributed by atoms with van der Waals surface area (Å²) in [6.45, 7) is 0. The Morgan fingerprint density at radius 2 is 1.92 bits per heavy atom. The van der Waals surface area contributed by atoms with Crippen LogP contribution in [-0.4, -0.2) is 25.5 Å². The van der Waals surface area contributed by atoms with Gasteiger partial charge < -0.3 is 0 Å². The highest BCUT2D eigenvalue weighted by Crippen LogP contribution is 1.84. The topological polar surface area (TPSA) is 48.0 Å². The van der Waals surface area contributed by atoms with Crippen molar-refractivity contribution in [2.75, 3.05) is 0 Å². The molecule has 0 radical (unpaired) electrons. The highest BCUT2D eigenvalue weighted by Gasteiger charge is 1.82. The van der Waals surface area contributed by atoms with Gasteiger partial charge in [-0.15, -0.1) is 0 Å². The van der Waals surface area contributed by atoms with E-state index in [1.165, 1.54) is 0 Å². The van der Waals surface area contributed by atoms with Crippen molar-refractivity contribution in [3.8, 4) is 0 Å². The van der Waals surface area contributed by atoms with E-state index in [2.05, 4.69) is 15.1 Å². The molecule has 12 heavy (non-hydrogen) atoms. The van der Waals surface area contributed by atoms with E-state index < -0.39 is 0 Å². The van der Waals surface area contributed by atoms with E-state index in [4.69, 9.17) is 0 Å². The van der Waals surface area contributed by atoms with E-state index in [0.29, 0.717) is 0 Å². The van der Waals surface area contributed by atoms with Gasteiger partial charge in [-0.2, -0.15) is 5.10 Å². The van der Waals surface area contributed by atoms with Gasteiger partial charge in [-0.05, 0) is 0 Å². The number of nitrogens with zero attached hydrogens (tertiary/aromatic N) is 5. The molecule has 5 nitrogen and oxygen atoms in total. The van der Waals surface area contributed by atoms with Crippen LogP contribution in [0.25, 0.3) is 0 Å². The number of aromatic nitrogens is 4. The molecule has 2 heterocycles. The van der Waals surface area contributed by atoms with Crippen LogP contribution in [0.4, 0.5) is 0 Å². The van der Waals surface area contributed by atoms with Crippen LogP contribution in [0.3, 0.4) is 0 Å². The van der Waals surface area contributed by atoms with Crippen molar-refractivity contribution in [3.63, 3.8) is 0 Å². The van der Waals surface area contributed by atoms with Crippen molar-refractivity contribution < 1.29 is 0 Å². The van der Waals surface area contributed by atoms with E-state index >= 15 is 0 Å². The molecular weight excluding hydrogens is 154 g/mol. The zero-order valence-corrected chi connectivity index (χ0v) is 6.28. The molecule has 2 aromatic heterocycles. The molecule has 0 aliphatic rings. The minimum Gasteiger partial charge on any atom is -0.295 e. The standard InChI is InChI=1S/C7H7N5/c1-3-11(5-8-1)7-10-12-4-2-9-6-12/h1-7H. The lowest BCUT2D eigenvalue weighted by Gasteiger charge is -1.90. The molecule has 0 saturated carbocycles. The molecule has 60 valence electrons. The highest BCUT2D eigenvalue weighted by molar-refractivity contribution is 5.57. The fourth-order valence-electron chi connectivity index (χ4n) is 0.777. The van der Waals surface area contributed by atoms with Gasteiger partial charge in [0.25, 0.3) is 0 Å². The van der Waals surface area contributed by atoms with E-state index in [1.54, 1.807) is 53.0 Å². The first-order valence-electron chi connectivity index (χ1n) is 3.45. The van der Waals surface area contributed by atoms with Crippen LogP contribution in [-0.2, 0) is 0 Å². The molecule has 0 spiro atoms. The molecule has 2 aromatic rings. The van der Waals surface area contributed by atoms with E-state index in [9.17, 15) is 0 Å². The molecule has 0 fully saturated rings. The highest BCUT2D eigenvalue weighted by atomic mass is 15.4. The maximum Gasteiger partial charge on any atom is 0.121 e. The molecule has 0 bridgehead atoms. The monoisotopic (exact) mass is 161 g/mol. The Balaban J connectivity index is 2.14. The van der Waals surface area contributed by atoms with Gasteiger partial charge in [-0.25, -0.2) is 14.6 Å². The predicted molar refractivity (Wildman–Crippen MR) is 43.7 cm³/mol. The first-order valence-corrected chi connectivity index (χ1v) is 3.45. The van der Waals surface area contributed by atoms with Crippen LogP contribution in [0.2, 0.25) is 0 Å². The van der Waals surface area contributed by atoms with Crippen LogP contribution >= 0.6 is 0 Å². The minimum atomic E-state index is 1.61. The number of hydrogen-bond acceptors (Lipinski definition) is 3. The molecule has 2 rings (SSSR count). The molecule has 0 N–H and O–H groups in total. The smallest absolute Gasteiger partial charge is 0.121 e. The van der Waals surface area contributed by atoms with Gasteiger partial charge in [0.1, 0.15) is 12.7 Å². The first kappa shape index (κ1) is 6.78. The predicted octanol–water partition coefficient (Wildman–Crippen LogP) is 0.419. The Hall–Kier alpha value is -1.91. The summed E-state index contributed by atoms with van der Waals surface area (Å²) in [6.07, 6.45) is 11.9. The lowest BCUT2D eigenvalue weighted by atomic mass is 10.9. The number of rotatable bonds is 2. The van der Waals surface area contributed by atoms with Crippen LogP contribution in [0, 0.1) is 0 Å². The molecule has 5 heteroatoms. The molecule has 0 aliphatic heterocycles. The van der Waals surface area contributed by atoms with Gasteiger partial charge in [-0.3, -0.25) is 4.57 Å². The van der Waals surface area contributed by atoms with Crippen LogP contribution in [0.5, 0.6) is 0 Å². The largest absolute Gasteiger partial charge is 0.295 e. The lowest BCUT2D eigenvalue weighted by molar-refractivity contribution is 0.870. The quantitative estimate of drug-likeness (QED) is 0.473. The van der Waals surface area contributed by atoms with Crippen LogP contribution in [0.15, 0.2) is 42.5 Å². The Bertz CT molecular complexity index is 309. The summed E-state index contributed by atoms with van der Waals surface area (Å²) in [5.74, 6) is 0. The Morgan fingerprint density at radius 3 is 2.58 bits per heavy atom. The van der Waals surface area contributed by atoms with E-state index in [1.807, 2.05) is 0 Å². The Kier molecular flexibility index (Phi) is 1.69. The van der Waals surface area contributed by atoms with Crippen molar-refractivity contribution in [2.45, 2.75) is 0 Å². The zero-order valence-electron chi connectivity index (χ0n) is 6.28. The molecule has 0 saturated heterocycles. The average Bonchev–Trinajstić information content (AvgIpc) is 2.74. The Labute approximate surface area is 69.0 Å². The van der Waals surface area contributed by atoms with Gasteiger partial charge in [0, 0.05) is 24.8 Å². The molecule has 0 aliphatic carbocycles. The van der Waals surface area contributed by atoms with Crippen LogP contribution in [0.1, 0.15) is 0 Å². The van der Waals surface area contributed by atoms with Crippen molar-refractivity contribution in [3.05, 3.63) is 37.4 Å². The van der Waals surface area contributed by atoms with Gasteiger partial charge in [0.2, 0.25) is 0 Å². The fourth-order valence-corrected chi connectivity index (χ4v) is 0.777. The van der Waals surface area contributed by atoms with Crippen molar-refractivity contribution in [1.29, 1.82) is 0 Å². The van der Waals surface area contributed by atoms with Crippen molar-refractivity contribution in [2.24, 2.45) is 5.10 Å². The summed E-state index contributed by atoms with van der Waals surface area (Å²) < 4.78 is 3.36. The second kappa shape index (κ2) is 3.00. The first-order chi connectivity index (χ1) is 5.95. The summed E-state index contributed by atoms with van der Waals surface area (Å²) in [6, 6.07) is 0. The molecular formula is C7H7N5. The summed E-state index contributed by atoms with van der Waals surface area (Å²) in [7, 11) is 0. The maximum absolute atomic E-state index is 4.06. The normalized spacial score (nSPS) is 11.0. The fraction of sp³-hybridized carbons (Fsp3) is 0. The van der Waals surface area contributed by atoms with Gasteiger partial charge in [-0.1, -0.05) is 0 Å². The SMILES string of the molecule is C(=Nn1ccnc1)n1ccnc1. The summed E-state index contributed by atoms with van der Waals surface area (Å²) in [4.78, 5) is 7.72. The molecule has 0 unspecified atom stereocenters. The van der Waals surface area contributed by atoms with Gasteiger partial charge in [0.15, 0.2) is 0 Å². The average molecular weight is 161 g/mol. The summed E-state index contributed by atoms with van der Waals surface area (Å²) in [5.41, 5.74) is 0. The maximum atomic E-state index is 4.06. The van der Waals surface area contributed by atoms with E-state index in [0.717, 1.165) is 0 Å². The Morgan fingerprint density at radius 1 is 1.08 bits per heavy atom. The third kappa shape index (κ3) is 1.39.